The van der Waals surface area contributed by atoms with Crippen molar-refractivity contribution < 1.29 is 0 Å². The van der Waals surface area contributed by atoms with E-state index in [1.165, 1.54) is 0 Å². The van der Waals surface area contributed by atoms with Crippen molar-refractivity contribution in [2.75, 3.05) is 5.32 Å². The molecule has 1 atom stereocenters. The Kier molecular flexibility index (Phi) is 4.81. The number of benzene rings is 2. The molecule has 1 N–H and O–H groups in total. The van der Waals surface area contributed by atoms with Gasteiger partial charge in [0.15, 0.2) is 0 Å². The third kappa shape index (κ3) is 3.22. The molecule has 5 heteroatoms. The van der Waals surface area contributed by atoms with E-state index in [2.05, 4.69) is 10.3 Å². The molecular formula is C23H22N4O. The van der Waals surface area contributed by atoms with Crippen LogP contribution in [0.3, 0.4) is 0 Å². The number of hydrogen-bond acceptors (Lipinski definition) is 3. The van der Waals surface area contributed by atoms with Crippen LogP contribution in [0.15, 0.2) is 89.9 Å². The fourth-order valence-electron chi connectivity index (χ4n) is 3.49. The number of aromatic nitrogens is 3. The number of nitrogens with one attached hydrogen (secondary N) is 1. The maximum Gasteiger partial charge on any atom is 0.277 e. The van der Waals surface area contributed by atoms with Crippen molar-refractivity contribution in [3.8, 4) is 5.69 Å². The minimum atomic E-state index is -0.306. The summed E-state index contributed by atoms with van der Waals surface area (Å²) >= 11 is 0. The molecule has 0 aliphatic rings. The fraction of sp³-hybridized carbons (Fsp3) is 0.130. The van der Waals surface area contributed by atoms with Crippen LogP contribution < -0.4 is 10.9 Å². The highest BCUT2D eigenvalue weighted by Gasteiger charge is 2.25. The van der Waals surface area contributed by atoms with Gasteiger partial charge in [0.25, 0.3) is 5.56 Å². The van der Waals surface area contributed by atoms with Crippen LogP contribution in [-0.2, 0) is 7.05 Å². The molecule has 0 saturated heterocycles. The van der Waals surface area contributed by atoms with Gasteiger partial charge in [0.2, 0.25) is 0 Å². The van der Waals surface area contributed by atoms with Gasteiger partial charge in [-0.15, -0.1) is 0 Å². The van der Waals surface area contributed by atoms with Crippen LogP contribution in [-0.4, -0.2) is 14.3 Å². The molecule has 0 fully saturated rings. The van der Waals surface area contributed by atoms with E-state index in [1.807, 2.05) is 97.5 Å². The third-order valence-electron chi connectivity index (χ3n) is 4.98. The van der Waals surface area contributed by atoms with E-state index in [4.69, 9.17) is 0 Å². The summed E-state index contributed by atoms with van der Waals surface area (Å²) in [6.45, 7) is 1.98. The molecular weight excluding hydrogens is 348 g/mol. The zero-order chi connectivity index (χ0) is 19.5. The molecule has 2 aromatic heterocycles. The molecule has 0 bridgehead atoms. The molecule has 0 spiro atoms. The van der Waals surface area contributed by atoms with E-state index in [-0.39, 0.29) is 11.6 Å². The van der Waals surface area contributed by atoms with E-state index in [0.717, 1.165) is 22.8 Å². The number of rotatable bonds is 5. The Labute approximate surface area is 163 Å². The Morgan fingerprint density at radius 1 is 0.893 bits per heavy atom. The fourth-order valence-corrected chi connectivity index (χ4v) is 3.49. The molecule has 0 aliphatic carbocycles. The first-order valence-corrected chi connectivity index (χ1v) is 9.23. The lowest BCUT2D eigenvalue weighted by Gasteiger charge is -2.19. The largest absolute Gasteiger partial charge is 0.359 e. The van der Waals surface area contributed by atoms with Gasteiger partial charge in [0, 0.05) is 18.9 Å². The predicted octanol–water partition coefficient (Wildman–Crippen LogP) is 4.08. The lowest BCUT2D eigenvalue weighted by molar-refractivity contribution is 0.630. The van der Waals surface area contributed by atoms with Gasteiger partial charge in [0.05, 0.1) is 17.3 Å². The minimum absolute atomic E-state index is 0.0384. The van der Waals surface area contributed by atoms with Crippen LogP contribution in [0, 0.1) is 6.92 Å². The van der Waals surface area contributed by atoms with Gasteiger partial charge < -0.3 is 5.32 Å². The van der Waals surface area contributed by atoms with Crippen molar-refractivity contribution >= 4 is 5.82 Å². The molecule has 2 aromatic carbocycles. The maximum absolute atomic E-state index is 13.5. The van der Waals surface area contributed by atoms with Crippen LogP contribution >= 0.6 is 0 Å². The topological polar surface area (TPSA) is 51.9 Å². The number of nitrogens with zero attached hydrogens (tertiary/aromatic N) is 3. The van der Waals surface area contributed by atoms with E-state index < -0.39 is 0 Å². The lowest BCUT2D eigenvalue weighted by Crippen LogP contribution is -2.25. The number of pyridine rings is 1. The van der Waals surface area contributed by atoms with Gasteiger partial charge >= 0.3 is 0 Å². The van der Waals surface area contributed by atoms with E-state index in [9.17, 15) is 4.79 Å². The van der Waals surface area contributed by atoms with Crippen LogP contribution in [0.4, 0.5) is 5.82 Å². The second-order valence-corrected chi connectivity index (χ2v) is 6.68. The Bertz CT molecular complexity index is 1120. The minimum Gasteiger partial charge on any atom is -0.359 e. The molecule has 4 aromatic rings. The highest BCUT2D eigenvalue weighted by molar-refractivity contribution is 5.46. The second-order valence-electron chi connectivity index (χ2n) is 6.68. The van der Waals surface area contributed by atoms with Gasteiger partial charge in [0.1, 0.15) is 5.82 Å². The van der Waals surface area contributed by atoms with E-state index in [0.29, 0.717) is 5.56 Å². The summed E-state index contributed by atoms with van der Waals surface area (Å²) < 4.78 is 3.61. The zero-order valence-electron chi connectivity index (χ0n) is 15.9. The highest BCUT2D eigenvalue weighted by atomic mass is 16.1. The third-order valence-corrected chi connectivity index (χ3v) is 4.98. The molecule has 5 nitrogen and oxygen atoms in total. The molecule has 28 heavy (non-hydrogen) atoms. The molecule has 2 heterocycles. The summed E-state index contributed by atoms with van der Waals surface area (Å²) in [7, 11) is 1.91. The summed E-state index contributed by atoms with van der Waals surface area (Å²) in [5.74, 6) is 0.727. The quantitative estimate of drug-likeness (QED) is 0.576. The van der Waals surface area contributed by atoms with Crippen molar-refractivity contribution in [1.29, 1.82) is 0 Å². The predicted molar refractivity (Wildman–Crippen MR) is 112 cm³/mol. The first-order valence-electron chi connectivity index (χ1n) is 9.23. The normalized spacial score (nSPS) is 11.9. The summed E-state index contributed by atoms with van der Waals surface area (Å²) in [5.41, 5.74) is 3.44. The van der Waals surface area contributed by atoms with Gasteiger partial charge in [-0.25, -0.2) is 9.67 Å². The maximum atomic E-state index is 13.5. The average Bonchev–Trinajstić information content (AvgIpc) is 2.97. The summed E-state index contributed by atoms with van der Waals surface area (Å²) in [6, 6.07) is 25.1. The average molecular weight is 370 g/mol. The molecule has 0 amide bonds. The van der Waals surface area contributed by atoms with Crippen LogP contribution in [0.5, 0.6) is 0 Å². The smallest absolute Gasteiger partial charge is 0.277 e. The summed E-state index contributed by atoms with van der Waals surface area (Å²) in [6.07, 6.45) is 1.74. The molecule has 0 unspecified atom stereocenters. The van der Waals surface area contributed by atoms with Crippen molar-refractivity contribution in [2.45, 2.75) is 13.0 Å². The van der Waals surface area contributed by atoms with Gasteiger partial charge in [-0.1, -0.05) is 54.6 Å². The Morgan fingerprint density at radius 3 is 2.18 bits per heavy atom. The molecule has 0 aliphatic heterocycles. The summed E-state index contributed by atoms with van der Waals surface area (Å²) in [5, 5.41) is 3.45. The number of para-hydroxylation sites is 1. The van der Waals surface area contributed by atoms with Crippen LogP contribution in [0.2, 0.25) is 0 Å². The molecule has 0 saturated carbocycles. The standard InChI is InChI=1S/C23H22N4O/c1-17-21(23(28)27(26(17)2)19-13-7-4-8-14-19)22(18-11-5-3-6-12-18)25-20-15-9-10-16-24-20/h3-16,22H,1-2H3,(H,24,25)/t22-/m0/s1. The van der Waals surface area contributed by atoms with Gasteiger partial charge in [-0.2, -0.15) is 0 Å². The first-order chi connectivity index (χ1) is 13.7. The van der Waals surface area contributed by atoms with Gasteiger partial charge in [-0.05, 0) is 36.8 Å². The molecule has 0 radical (unpaired) electrons. The van der Waals surface area contributed by atoms with Gasteiger partial charge in [-0.3, -0.25) is 9.48 Å². The summed E-state index contributed by atoms with van der Waals surface area (Å²) in [4.78, 5) is 17.9. The van der Waals surface area contributed by atoms with Crippen LogP contribution in [0.25, 0.3) is 5.69 Å². The van der Waals surface area contributed by atoms with Crippen LogP contribution in [0.1, 0.15) is 22.9 Å². The van der Waals surface area contributed by atoms with Crippen molar-refractivity contribution in [3.63, 3.8) is 0 Å². The van der Waals surface area contributed by atoms with E-state index in [1.54, 1.807) is 10.9 Å². The van der Waals surface area contributed by atoms with E-state index >= 15 is 0 Å². The number of anilines is 1. The second kappa shape index (κ2) is 7.56. The number of hydrogen-bond donors (Lipinski definition) is 1. The Morgan fingerprint density at radius 2 is 1.54 bits per heavy atom. The van der Waals surface area contributed by atoms with Crippen molar-refractivity contribution in [3.05, 3.63) is 112 Å². The Hall–Kier alpha value is -3.60. The molecule has 4 rings (SSSR count). The first kappa shape index (κ1) is 17.8. The highest BCUT2D eigenvalue weighted by Crippen LogP contribution is 2.27. The Balaban J connectivity index is 1.89. The van der Waals surface area contributed by atoms with Crippen molar-refractivity contribution in [2.24, 2.45) is 7.05 Å². The zero-order valence-corrected chi connectivity index (χ0v) is 15.9. The monoisotopic (exact) mass is 370 g/mol. The lowest BCUT2D eigenvalue weighted by atomic mass is 9.99. The molecule has 140 valence electrons. The SMILES string of the molecule is Cc1c([C@@H](Nc2ccccn2)c2ccccc2)c(=O)n(-c2ccccc2)n1C. The van der Waals surface area contributed by atoms with Crippen molar-refractivity contribution in [1.82, 2.24) is 14.3 Å².